The quantitative estimate of drug-likeness (QED) is 0.567. The smallest absolute Gasteiger partial charge is 0.417 e. The number of aliphatic imine (C=N–C) groups is 1. The Kier molecular flexibility index (Phi) is 5.90. The first-order valence-corrected chi connectivity index (χ1v) is 9.66. The molecule has 0 unspecified atom stereocenters. The van der Waals surface area contributed by atoms with Crippen LogP contribution in [-0.4, -0.2) is 29.1 Å². The average Bonchev–Trinajstić information content (AvgIpc) is 3.20. The molecule has 2 heterocycles. The fourth-order valence-corrected chi connectivity index (χ4v) is 3.96. The third kappa shape index (κ3) is 4.12. The first kappa shape index (κ1) is 20.5. The van der Waals surface area contributed by atoms with E-state index in [0.29, 0.717) is 28.9 Å². The first-order chi connectivity index (χ1) is 13.2. The number of hydrogen-bond donors (Lipinski definition) is 0. The number of furan rings is 1. The van der Waals surface area contributed by atoms with E-state index in [1.54, 1.807) is 23.1 Å². The number of benzene rings is 1. The van der Waals surface area contributed by atoms with E-state index in [-0.39, 0.29) is 22.3 Å². The van der Waals surface area contributed by atoms with Crippen LogP contribution in [0.25, 0.3) is 17.4 Å². The fourth-order valence-electron chi connectivity index (χ4n) is 2.65. The van der Waals surface area contributed by atoms with Crippen LogP contribution in [0, 0.1) is 0 Å². The third-order valence-corrected chi connectivity index (χ3v) is 5.33. The molecule has 1 aromatic heterocycles. The van der Waals surface area contributed by atoms with E-state index in [2.05, 4.69) is 4.99 Å². The Balaban J connectivity index is 1.90. The van der Waals surface area contributed by atoms with Crippen molar-refractivity contribution in [3.8, 4) is 11.3 Å². The van der Waals surface area contributed by atoms with Crippen molar-refractivity contribution in [3.63, 3.8) is 0 Å². The van der Waals surface area contributed by atoms with Crippen molar-refractivity contribution in [1.82, 2.24) is 4.90 Å². The van der Waals surface area contributed by atoms with Crippen molar-refractivity contribution >= 4 is 40.5 Å². The summed E-state index contributed by atoms with van der Waals surface area (Å²) in [6.07, 6.45) is -2.99. The molecule has 28 heavy (non-hydrogen) atoms. The van der Waals surface area contributed by atoms with Crippen molar-refractivity contribution in [2.45, 2.75) is 20.0 Å². The molecule has 0 aliphatic carbocycles. The molecule has 4 nitrogen and oxygen atoms in total. The largest absolute Gasteiger partial charge is 0.457 e. The van der Waals surface area contributed by atoms with Gasteiger partial charge in [-0.25, -0.2) is 0 Å². The van der Waals surface area contributed by atoms with Crippen LogP contribution < -0.4 is 0 Å². The van der Waals surface area contributed by atoms with Gasteiger partial charge < -0.3 is 4.42 Å². The van der Waals surface area contributed by atoms with E-state index < -0.39 is 11.7 Å². The zero-order chi connectivity index (χ0) is 20.5. The van der Waals surface area contributed by atoms with Crippen molar-refractivity contribution < 1.29 is 22.4 Å². The van der Waals surface area contributed by atoms with Crippen molar-refractivity contribution in [2.24, 2.45) is 4.99 Å². The molecule has 1 aliphatic rings. The average molecular weight is 429 g/mol. The van der Waals surface area contributed by atoms with Gasteiger partial charge in [-0.05, 0) is 55.9 Å². The van der Waals surface area contributed by atoms with Gasteiger partial charge >= 0.3 is 6.18 Å². The zero-order valence-electron chi connectivity index (χ0n) is 15.0. The standard InChI is InChI=1S/C19H16ClF3N2O2S/c1-3-24-18-25(4-2)17(26)16(28-18)10-12-6-8-15(27-12)11-5-7-14(20)13(9-11)19(21,22)23/h5-10H,3-4H2,1-2H3/b16-10+,24-18?. The highest BCUT2D eigenvalue weighted by molar-refractivity contribution is 8.18. The summed E-state index contributed by atoms with van der Waals surface area (Å²) >= 11 is 6.90. The van der Waals surface area contributed by atoms with Crippen LogP contribution >= 0.6 is 23.4 Å². The highest BCUT2D eigenvalue weighted by Gasteiger charge is 2.34. The number of thioether (sulfide) groups is 1. The van der Waals surface area contributed by atoms with E-state index >= 15 is 0 Å². The molecule has 1 fully saturated rings. The Morgan fingerprint density at radius 1 is 1.25 bits per heavy atom. The number of amides is 1. The van der Waals surface area contributed by atoms with Crippen molar-refractivity contribution in [1.29, 1.82) is 0 Å². The van der Waals surface area contributed by atoms with E-state index in [9.17, 15) is 18.0 Å². The van der Waals surface area contributed by atoms with Gasteiger partial charge in [-0.3, -0.25) is 14.7 Å². The molecular formula is C19H16ClF3N2O2S. The second-order valence-corrected chi connectivity index (χ2v) is 7.23. The number of amidine groups is 1. The Bertz CT molecular complexity index is 966. The zero-order valence-corrected chi connectivity index (χ0v) is 16.6. The highest BCUT2D eigenvalue weighted by Crippen LogP contribution is 2.38. The lowest BCUT2D eigenvalue weighted by molar-refractivity contribution is -0.137. The molecule has 0 atom stereocenters. The summed E-state index contributed by atoms with van der Waals surface area (Å²) in [5.41, 5.74) is -0.682. The van der Waals surface area contributed by atoms with Crippen LogP contribution in [0.5, 0.6) is 0 Å². The summed E-state index contributed by atoms with van der Waals surface area (Å²) in [6.45, 7) is 4.79. The number of likely N-dealkylation sites (N-methyl/N-ethyl adjacent to an activating group) is 1. The van der Waals surface area contributed by atoms with Crippen LogP contribution in [0.2, 0.25) is 5.02 Å². The SMILES string of the molecule is CCN=C1S/C(=C/c2ccc(-c3ccc(Cl)c(C(F)(F)F)c3)o2)C(=O)N1CC. The molecule has 1 saturated heterocycles. The first-order valence-electron chi connectivity index (χ1n) is 8.47. The summed E-state index contributed by atoms with van der Waals surface area (Å²) in [4.78, 5) is 18.8. The molecule has 1 aliphatic heterocycles. The van der Waals surface area contributed by atoms with Gasteiger partial charge in [-0.15, -0.1) is 0 Å². The Hall–Kier alpha value is -2.19. The minimum atomic E-state index is -4.56. The fraction of sp³-hybridized carbons (Fsp3) is 0.263. The summed E-state index contributed by atoms with van der Waals surface area (Å²) in [7, 11) is 0. The highest BCUT2D eigenvalue weighted by atomic mass is 35.5. The number of halogens is 4. The molecule has 9 heteroatoms. The molecule has 1 amide bonds. The van der Waals surface area contributed by atoms with Crippen LogP contribution in [0.4, 0.5) is 13.2 Å². The monoisotopic (exact) mass is 428 g/mol. The topological polar surface area (TPSA) is 45.8 Å². The van der Waals surface area contributed by atoms with Crippen LogP contribution in [0.3, 0.4) is 0 Å². The molecule has 0 radical (unpaired) electrons. The Morgan fingerprint density at radius 3 is 2.64 bits per heavy atom. The molecule has 0 N–H and O–H groups in total. The Morgan fingerprint density at radius 2 is 2.00 bits per heavy atom. The lowest BCUT2D eigenvalue weighted by Gasteiger charge is -2.11. The van der Waals surface area contributed by atoms with E-state index in [1.165, 1.54) is 23.9 Å². The van der Waals surface area contributed by atoms with E-state index in [4.69, 9.17) is 16.0 Å². The van der Waals surface area contributed by atoms with Crippen LogP contribution in [-0.2, 0) is 11.0 Å². The molecule has 0 spiro atoms. The summed E-state index contributed by atoms with van der Waals surface area (Å²) in [5.74, 6) is 0.436. The van der Waals surface area contributed by atoms with Gasteiger partial charge in [0.25, 0.3) is 5.91 Å². The maximum Gasteiger partial charge on any atom is 0.417 e. The lowest BCUT2D eigenvalue weighted by Crippen LogP contribution is -2.28. The minimum Gasteiger partial charge on any atom is -0.457 e. The van der Waals surface area contributed by atoms with Crippen LogP contribution in [0.15, 0.2) is 44.6 Å². The van der Waals surface area contributed by atoms with E-state index in [1.807, 2.05) is 13.8 Å². The number of nitrogens with zero attached hydrogens (tertiary/aromatic N) is 2. The third-order valence-electron chi connectivity index (χ3n) is 3.95. The minimum absolute atomic E-state index is 0.177. The molecule has 148 valence electrons. The van der Waals surface area contributed by atoms with E-state index in [0.717, 1.165) is 6.07 Å². The van der Waals surface area contributed by atoms with Gasteiger partial charge in [0.05, 0.1) is 15.5 Å². The second-order valence-electron chi connectivity index (χ2n) is 5.81. The molecule has 0 bridgehead atoms. The van der Waals surface area contributed by atoms with Crippen molar-refractivity contribution in [2.75, 3.05) is 13.1 Å². The second kappa shape index (κ2) is 8.05. The number of alkyl halides is 3. The summed E-state index contributed by atoms with van der Waals surface area (Å²) < 4.78 is 44.8. The lowest BCUT2D eigenvalue weighted by atomic mass is 10.1. The van der Waals surface area contributed by atoms with Gasteiger partial charge in [-0.2, -0.15) is 13.2 Å². The molecule has 2 aromatic rings. The van der Waals surface area contributed by atoms with Gasteiger partial charge in [0, 0.05) is 24.7 Å². The summed E-state index contributed by atoms with van der Waals surface area (Å²) in [6, 6.07) is 6.73. The predicted molar refractivity (Wildman–Crippen MR) is 105 cm³/mol. The van der Waals surface area contributed by atoms with Gasteiger partial charge in [0.1, 0.15) is 11.5 Å². The molecular weight excluding hydrogens is 413 g/mol. The van der Waals surface area contributed by atoms with Gasteiger partial charge in [0.15, 0.2) is 5.17 Å². The predicted octanol–water partition coefficient (Wildman–Crippen LogP) is 5.93. The van der Waals surface area contributed by atoms with Crippen LogP contribution in [0.1, 0.15) is 25.2 Å². The molecule has 0 saturated carbocycles. The van der Waals surface area contributed by atoms with Crippen molar-refractivity contribution in [3.05, 3.63) is 51.6 Å². The van der Waals surface area contributed by atoms with Gasteiger partial charge in [0.2, 0.25) is 0 Å². The maximum atomic E-state index is 13.1. The maximum absolute atomic E-state index is 13.1. The molecule has 3 rings (SSSR count). The normalized spacial score (nSPS) is 17.9. The Labute approximate surface area is 169 Å². The number of carbonyl (C=O) groups excluding carboxylic acids is 1. The molecule has 1 aromatic carbocycles. The van der Waals surface area contributed by atoms with Gasteiger partial charge in [-0.1, -0.05) is 11.6 Å². The number of rotatable bonds is 4. The number of hydrogen-bond acceptors (Lipinski definition) is 4. The summed E-state index contributed by atoms with van der Waals surface area (Å²) in [5, 5.41) is 0.251. The number of carbonyl (C=O) groups is 1.